The van der Waals surface area contributed by atoms with Gasteiger partial charge in [-0.1, -0.05) is 46.9 Å². The molecule has 0 radical (unpaired) electrons. The van der Waals surface area contributed by atoms with Gasteiger partial charge in [-0.25, -0.2) is 13.2 Å². The van der Waals surface area contributed by atoms with E-state index in [1.807, 2.05) is 0 Å². The number of carboxylic acid groups (broad SMARTS) is 1. The number of para-hydroxylation sites is 1. The van der Waals surface area contributed by atoms with Crippen LogP contribution in [0.25, 0.3) is 11.1 Å². The first-order valence-corrected chi connectivity index (χ1v) is 12.4. The van der Waals surface area contributed by atoms with Gasteiger partial charge in [0.2, 0.25) is 10.0 Å². The van der Waals surface area contributed by atoms with E-state index in [0.29, 0.717) is 0 Å². The third kappa shape index (κ3) is 4.18. The number of aromatic nitrogens is 1. The number of benzene rings is 2. The van der Waals surface area contributed by atoms with Crippen LogP contribution < -0.4 is 0 Å². The molecular weight excluding hydrogens is 545 g/mol. The maximum Gasteiger partial charge on any atom is 0.338 e. The number of aromatic carboxylic acids is 1. The molecule has 14 heteroatoms. The molecule has 0 unspecified atom stereocenters. The van der Waals surface area contributed by atoms with E-state index < -0.39 is 37.1 Å². The predicted octanol–water partition coefficient (Wildman–Crippen LogP) is 4.79. The molecule has 0 aliphatic carbocycles. The highest BCUT2D eigenvalue weighted by Crippen LogP contribution is 2.45. The number of nitro groups is 1. The molecular formula is C21H16Cl3N3O7S. The summed E-state index contributed by atoms with van der Waals surface area (Å²) < 4.78 is 32.8. The van der Waals surface area contributed by atoms with E-state index >= 15 is 0 Å². The first-order valence-electron chi connectivity index (χ1n) is 9.81. The zero-order chi connectivity index (χ0) is 25.7. The Balaban J connectivity index is 1.76. The number of nitro benzene ring substituents is 1. The summed E-state index contributed by atoms with van der Waals surface area (Å²) in [5.74, 6) is -1.32. The summed E-state index contributed by atoms with van der Waals surface area (Å²) in [5, 5.41) is 21.9. The number of carboxylic acids is 1. The molecule has 0 bridgehead atoms. The number of halogens is 3. The second-order valence-electron chi connectivity index (χ2n) is 7.70. The van der Waals surface area contributed by atoms with Crippen molar-refractivity contribution in [2.24, 2.45) is 0 Å². The van der Waals surface area contributed by atoms with E-state index in [1.165, 1.54) is 37.6 Å². The number of aromatic amines is 1. The Hall–Kier alpha value is -2.67. The predicted molar refractivity (Wildman–Crippen MR) is 129 cm³/mol. The van der Waals surface area contributed by atoms with Crippen LogP contribution in [0.3, 0.4) is 0 Å². The van der Waals surface area contributed by atoms with Crippen molar-refractivity contribution in [3.05, 3.63) is 79.0 Å². The molecule has 35 heavy (non-hydrogen) atoms. The van der Waals surface area contributed by atoms with Crippen LogP contribution >= 0.6 is 34.8 Å². The second-order valence-corrected chi connectivity index (χ2v) is 10.9. The number of hydrogen-bond acceptors (Lipinski definition) is 6. The van der Waals surface area contributed by atoms with Crippen LogP contribution in [-0.2, 0) is 20.4 Å². The number of carbonyl (C=O) groups is 1. The molecule has 1 saturated heterocycles. The fourth-order valence-corrected chi connectivity index (χ4v) is 6.76. The Morgan fingerprint density at radius 2 is 1.80 bits per heavy atom. The van der Waals surface area contributed by atoms with Gasteiger partial charge in [-0.2, -0.15) is 4.31 Å². The van der Waals surface area contributed by atoms with Crippen LogP contribution in [0.15, 0.2) is 47.5 Å². The highest BCUT2D eigenvalue weighted by atomic mass is 35.5. The lowest BCUT2D eigenvalue weighted by Crippen LogP contribution is -2.62. The highest BCUT2D eigenvalue weighted by Gasteiger charge is 2.54. The van der Waals surface area contributed by atoms with Crippen LogP contribution in [0.2, 0.25) is 15.1 Å². The molecule has 0 atom stereocenters. The topological polar surface area (TPSA) is 143 Å². The van der Waals surface area contributed by atoms with Crippen LogP contribution in [0, 0.1) is 10.1 Å². The van der Waals surface area contributed by atoms with E-state index in [2.05, 4.69) is 4.98 Å². The van der Waals surface area contributed by atoms with Gasteiger partial charge in [-0.3, -0.25) is 10.1 Å². The van der Waals surface area contributed by atoms with E-state index in [-0.39, 0.29) is 50.5 Å². The number of H-pyrrole nitrogens is 1. The summed E-state index contributed by atoms with van der Waals surface area (Å²) in [7, 11) is -2.96. The standard InChI is InChI=1S/C21H16Cl3N3O7S/c1-34-21(9-26(10-21)35(32,33)16-5-3-2-4-15(16)27(30)31)19-18(20(28)29)12(8-25-19)17-13(23)6-11(22)7-14(17)24/h2-8,25H,9-10H2,1H3,(H,28,29). The maximum atomic E-state index is 13.1. The van der Waals surface area contributed by atoms with E-state index in [4.69, 9.17) is 39.5 Å². The summed E-state index contributed by atoms with van der Waals surface area (Å²) in [6.45, 7) is -0.583. The quantitative estimate of drug-likeness (QED) is 0.312. The molecule has 0 spiro atoms. The molecule has 1 aliphatic heterocycles. The number of nitrogens with one attached hydrogen (secondary N) is 1. The van der Waals surface area contributed by atoms with Gasteiger partial charge in [0.15, 0.2) is 4.90 Å². The monoisotopic (exact) mass is 559 g/mol. The Kier molecular flexibility index (Phi) is 6.60. The number of ether oxygens (including phenoxy) is 1. The van der Waals surface area contributed by atoms with Gasteiger partial charge < -0.3 is 14.8 Å². The second kappa shape index (κ2) is 9.08. The lowest BCUT2D eigenvalue weighted by Gasteiger charge is -2.47. The molecule has 4 rings (SSSR count). The Labute approximate surface area is 214 Å². The first kappa shape index (κ1) is 25.4. The van der Waals surface area contributed by atoms with Gasteiger partial charge >= 0.3 is 5.97 Å². The zero-order valence-electron chi connectivity index (χ0n) is 17.8. The van der Waals surface area contributed by atoms with Gasteiger partial charge in [0.05, 0.1) is 39.3 Å². The van der Waals surface area contributed by atoms with Crippen molar-refractivity contribution in [3.8, 4) is 11.1 Å². The third-order valence-electron chi connectivity index (χ3n) is 5.76. The van der Waals surface area contributed by atoms with Gasteiger partial charge in [-0.15, -0.1) is 0 Å². The van der Waals surface area contributed by atoms with Crippen molar-refractivity contribution < 1.29 is 28.0 Å². The van der Waals surface area contributed by atoms with Gasteiger partial charge in [0.25, 0.3) is 5.69 Å². The van der Waals surface area contributed by atoms with Crippen molar-refractivity contribution in [2.75, 3.05) is 20.2 Å². The molecule has 184 valence electrons. The summed E-state index contributed by atoms with van der Waals surface area (Å²) in [5.41, 5.74) is -1.65. The minimum absolute atomic E-state index is 0.0959. The van der Waals surface area contributed by atoms with E-state index in [9.17, 15) is 28.4 Å². The van der Waals surface area contributed by atoms with Crippen LogP contribution in [-0.4, -0.2) is 53.9 Å². The average molecular weight is 561 g/mol. The van der Waals surface area contributed by atoms with Gasteiger partial charge in [-0.05, 0) is 18.2 Å². The summed E-state index contributed by atoms with van der Waals surface area (Å²) >= 11 is 18.6. The summed E-state index contributed by atoms with van der Waals surface area (Å²) in [4.78, 5) is 25.2. The molecule has 2 aromatic carbocycles. The normalized spacial score (nSPS) is 15.5. The summed E-state index contributed by atoms with van der Waals surface area (Å²) in [6, 6.07) is 7.80. The maximum absolute atomic E-state index is 13.1. The molecule has 0 saturated carbocycles. The minimum Gasteiger partial charge on any atom is -0.478 e. The van der Waals surface area contributed by atoms with Crippen molar-refractivity contribution >= 4 is 56.5 Å². The molecule has 1 aliphatic rings. The van der Waals surface area contributed by atoms with Crippen LogP contribution in [0.4, 0.5) is 5.69 Å². The van der Waals surface area contributed by atoms with Gasteiger partial charge in [0, 0.05) is 35.5 Å². The molecule has 2 heterocycles. The Morgan fingerprint density at radius 3 is 2.34 bits per heavy atom. The van der Waals surface area contributed by atoms with Crippen molar-refractivity contribution in [3.63, 3.8) is 0 Å². The molecule has 3 aromatic rings. The number of nitrogens with zero attached hydrogens (tertiary/aromatic N) is 2. The van der Waals surface area contributed by atoms with E-state index in [1.54, 1.807) is 0 Å². The Bertz CT molecular complexity index is 1440. The smallest absolute Gasteiger partial charge is 0.338 e. The molecule has 0 amide bonds. The molecule has 2 N–H and O–H groups in total. The fraction of sp³-hybridized carbons (Fsp3) is 0.190. The van der Waals surface area contributed by atoms with E-state index in [0.717, 1.165) is 16.4 Å². The largest absolute Gasteiger partial charge is 0.478 e. The SMILES string of the molecule is COC1(c2[nH]cc(-c3c(Cl)cc(Cl)cc3Cl)c2C(=O)O)CN(S(=O)(=O)c2ccccc2[N+](=O)[O-])C1. The number of hydrogen-bond donors (Lipinski definition) is 2. The third-order valence-corrected chi connectivity index (χ3v) is 8.41. The lowest BCUT2D eigenvalue weighted by atomic mass is 9.88. The first-order chi connectivity index (χ1) is 16.4. The van der Waals surface area contributed by atoms with Crippen LogP contribution in [0.1, 0.15) is 16.1 Å². The minimum atomic E-state index is -4.27. The average Bonchev–Trinajstić information content (AvgIpc) is 3.17. The molecule has 10 nitrogen and oxygen atoms in total. The fourth-order valence-electron chi connectivity index (χ4n) is 4.05. The summed E-state index contributed by atoms with van der Waals surface area (Å²) in [6.07, 6.45) is 1.39. The highest BCUT2D eigenvalue weighted by molar-refractivity contribution is 7.89. The van der Waals surface area contributed by atoms with Crippen LogP contribution in [0.5, 0.6) is 0 Å². The lowest BCUT2D eigenvalue weighted by molar-refractivity contribution is -0.387. The van der Waals surface area contributed by atoms with Gasteiger partial charge in [0.1, 0.15) is 5.60 Å². The van der Waals surface area contributed by atoms with Crippen molar-refractivity contribution in [1.29, 1.82) is 0 Å². The Morgan fingerprint density at radius 1 is 1.20 bits per heavy atom. The number of rotatable bonds is 7. The van der Waals surface area contributed by atoms with Crippen molar-refractivity contribution in [2.45, 2.75) is 10.5 Å². The van der Waals surface area contributed by atoms with Crippen molar-refractivity contribution in [1.82, 2.24) is 9.29 Å². The molecule has 1 aromatic heterocycles. The number of sulfonamides is 1. The number of methoxy groups -OCH3 is 1. The molecule has 1 fully saturated rings. The zero-order valence-corrected chi connectivity index (χ0v) is 20.9.